The van der Waals surface area contributed by atoms with Crippen LogP contribution in [0.3, 0.4) is 0 Å². The zero-order valence-corrected chi connectivity index (χ0v) is 10.1. The van der Waals surface area contributed by atoms with Crippen molar-refractivity contribution in [3.8, 4) is 0 Å². The Labute approximate surface area is 90.0 Å². The van der Waals surface area contributed by atoms with E-state index in [9.17, 15) is 12.6 Å². The van der Waals surface area contributed by atoms with Gasteiger partial charge in [-0.1, -0.05) is 0 Å². The summed E-state index contributed by atoms with van der Waals surface area (Å²) < 4.78 is 46.7. The minimum atomic E-state index is -4.01. The number of halogens is 1. The van der Waals surface area contributed by atoms with E-state index < -0.39 is 25.7 Å². The summed E-state index contributed by atoms with van der Waals surface area (Å²) in [5, 5.41) is -1.09. The Bertz CT molecular complexity index is 292. The van der Waals surface area contributed by atoms with Crippen molar-refractivity contribution in [1.29, 1.82) is 0 Å². The zero-order valence-electron chi connectivity index (χ0n) is 7.71. The molecule has 6 nitrogen and oxygen atoms in total. The third-order valence-corrected chi connectivity index (χ3v) is 4.06. The van der Waals surface area contributed by atoms with Crippen LogP contribution in [0.4, 0.5) is 0 Å². The summed E-state index contributed by atoms with van der Waals surface area (Å²) >= 11 is -2.28. The first-order chi connectivity index (χ1) is 6.30. The van der Waals surface area contributed by atoms with E-state index in [-0.39, 0.29) is 13.2 Å². The van der Waals surface area contributed by atoms with Crippen molar-refractivity contribution in [1.82, 2.24) is 4.31 Å². The molecule has 0 saturated carbocycles. The molecule has 0 spiro atoms. The quantitative estimate of drug-likeness (QED) is 0.539. The van der Waals surface area contributed by atoms with E-state index >= 15 is 0 Å². The van der Waals surface area contributed by atoms with Gasteiger partial charge in [-0.25, -0.2) is 4.21 Å². The molecule has 86 valence electrons. The Kier molecular flexibility index (Phi) is 6.10. The lowest BCUT2D eigenvalue weighted by Crippen LogP contribution is -2.40. The zero-order chi connectivity index (χ0) is 11.4. The Morgan fingerprint density at radius 1 is 1.64 bits per heavy atom. The molecule has 9 heteroatoms. The van der Waals surface area contributed by atoms with Gasteiger partial charge in [0.05, 0.1) is 6.61 Å². The molecule has 2 atom stereocenters. The number of methoxy groups -OCH3 is 1. The van der Waals surface area contributed by atoms with Crippen LogP contribution in [0.2, 0.25) is 0 Å². The minimum absolute atomic E-state index is 0.0597. The standard InChI is InChI=1S/C5H12ClNO5S2/c1-5(13(8)9)7(3-4-12-2)14(6,10)11/h5H,3-4H2,1-2H3,(H,8,9). The average Bonchev–Trinajstić information content (AvgIpc) is 2.02. The fourth-order valence-corrected chi connectivity index (χ4v) is 2.97. The molecule has 0 amide bonds. The van der Waals surface area contributed by atoms with Crippen molar-refractivity contribution in [2.24, 2.45) is 0 Å². The summed E-state index contributed by atoms with van der Waals surface area (Å²) in [4.78, 5) is 0. The molecule has 0 bridgehead atoms. The maximum Gasteiger partial charge on any atom is 0.301 e. The monoisotopic (exact) mass is 265 g/mol. The normalized spacial score (nSPS) is 16.9. The van der Waals surface area contributed by atoms with Gasteiger partial charge >= 0.3 is 9.24 Å². The van der Waals surface area contributed by atoms with E-state index in [1.54, 1.807) is 0 Å². The van der Waals surface area contributed by atoms with Gasteiger partial charge in [0, 0.05) is 24.3 Å². The van der Waals surface area contributed by atoms with Crippen LogP contribution in [-0.2, 0) is 25.1 Å². The van der Waals surface area contributed by atoms with Crippen LogP contribution in [0.25, 0.3) is 0 Å². The van der Waals surface area contributed by atoms with Gasteiger partial charge in [0.15, 0.2) is 11.1 Å². The average molecular weight is 266 g/mol. The topological polar surface area (TPSA) is 83.9 Å². The minimum Gasteiger partial charge on any atom is -0.383 e. The molecule has 14 heavy (non-hydrogen) atoms. The number of ether oxygens (including phenoxy) is 1. The van der Waals surface area contributed by atoms with Gasteiger partial charge in [-0.3, -0.25) is 0 Å². The van der Waals surface area contributed by atoms with Crippen LogP contribution in [0.5, 0.6) is 0 Å². The lowest BCUT2D eigenvalue weighted by Gasteiger charge is -2.21. The third-order valence-electron chi connectivity index (χ3n) is 1.49. The van der Waals surface area contributed by atoms with Gasteiger partial charge in [0.25, 0.3) is 0 Å². The molecule has 0 aromatic carbocycles. The number of rotatable bonds is 6. The SMILES string of the molecule is COCCN(C(C)S(=O)O)S(=O)(=O)Cl. The highest BCUT2D eigenvalue weighted by Crippen LogP contribution is 2.12. The Hall–Kier alpha value is 0.270. The predicted octanol–water partition coefficient (Wildman–Crippen LogP) is -0.0139. The Morgan fingerprint density at radius 3 is 2.43 bits per heavy atom. The fraction of sp³-hybridized carbons (Fsp3) is 1.00. The van der Waals surface area contributed by atoms with Crippen molar-refractivity contribution in [2.75, 3.05) is 20.3 Å². The van der Waals surface area contributed by atoms with Crippen LogP contribution in [0.15, 0.2) is 0 Å². The van der Waals surface area contributed by atoms with Crippen molar-refractivity contribution < 1.29 is 21.9 Å². The van der Waals surface area contributed by atoms with E-state index in [2.05, 4.69) is 4.74 Å². The highest BCUT2D eigenvalue weighted by molar-refractivity contribution is 8.12. The summed E-state index contributed by atoms with van der Waals surface area (Å²) in [6, 6.07) is 0. The third kappa shape index (κ3) is 4.67. The molecule has 0 aliphatic carbocycles. The molecule has 0 fully saturated rings. The maximum atomic E-state index is 11.0. The van der Waals surface area contributed by atoms with Gasteiger partial charge in [0.2, 0.25) is 0 Å². The van der Waals surface area contributed by atoms with Crippen molar-refractivity contribution in [3.63, 3.8) is 0 Å². The molecule has 0 aliphatic rings. The number of hydrogen-bond acceptors (Lipinski definition) is 4. The fourth-order valence-electron chi connectivity index (χ4n) is 0.750. The molecule has 0 radical (unpaired) electrons. The van der Waals surface area contributed by atoms with Crippen molar-refractivity contribution >= 4 is 31.0 Å². The molecule has 0 heterocycles. The van der Waals surface area contributed by atoms with Crippen molar-refractivity contribution in [3.05, 3.63) is 0 Å². The van der Waals surface area contributed by atoms with Crippen LogP contribution in [-0.4, -0.2) is 47.1 Å². The largest absolute Gasteiger partial charge is 0.383 e. The van der Waals surface area contributed by atoms with E-state index in [1.807, 2.05) is 0 Å². The van der Waals surface area contributed by atoms with Gasteiger partial charge in [-0.2, -0.15) is 12.7 Å². The first-order valence-electron chi connectivity index (χ1n) is 3.60. The first kappa shape index (κ1) is 14.3. The molecule has 0 aliphatic heterocycles. The maximum absolute atomic E-state index is 11.0. The smallest absolute Gasteiger partial charge is 0.301 e. The van der Waals surface area contributed by atoms with Crippen LogP contribution >= 0.6 is 10.7 Å². The Balaban J connectivity index is 4.65. The summed E-state index contributed by atoms with van der Waals surface area (Å²) in [5.74, 6) is 0. The molecular weight excluding hydrogens is 254 g/mol. The number of nitrogens with zero attached hydrogens (tertiary/aromatic N) is 1. The van der Waals surface area contributed by atoms with Gasteiger partial charge in [0.1, 0.15) is 5.37 Å². The highest BCUT2D eigenvalue weighted by Gasteiger charge is 2.28. The predicted molar refractivity (Wildman–Crippen MR) is 53.6 cm³/mol. The summed E-state index contributed by atoms with van der Waals surface area (Å²) in [5.41, 5.74) is 0. The molecule has 1 N–H and O–H groups in total. The lowest BCUT2D eigenvalue weighted by atomic mass is 10.6. The van der Waals surface area contributed by atoms with Gasteiger partial charge in [-0.15, -0.1) is 0 Å². The number of hydrogen-bond donors (Lipinski definition) is 1. The second-order valence-corrected chi connectivity index (χ2v) is 6.12. The van der Waals surface area contributed by atoms with Gasteiger partial charge in [-0.05, 0) is 6.92 Å². The van der Waals surface area contributed by atoms with E-state index in [4.69, 9.17) is 15.2 Å². The van der Waals surface area contributed by atoms with Gasteiger partial charge < -0.3 is 9.29 Å². The molecule has 0 saturated heterocycles. The second kappa shape index (κ2) is 5.99. The molecule has 2 unspecified atom stereocenters. The molecule has 0 aromatic heterocycles. The molecular formula is C5H12ClNO5S2. The van der Waals surface area contributed by atoms with Crippen molar-refractivity contribution in [2.45, 2.75) is 12.3 Å². The first-order valence-corrected chi connectivity index (χ1v) is 7.04. The van der Waals surface area contributed by atoms with Crippen LogP contribution < -0.4 is 0 Å². The molecule has 0 rings (SSSR count). The lowest BCUT2D eigenvalue weighted by molar-refractivity contribution is 0.177. The summed E-state index contributed by atoms with van der Waals surface area (Å²) in [7, 11) is 2.45. The summed E-state index contributed by atoms with van der Waals surface area (Å²) in [6.45, 7) is 1.33. The Morgan fingerprint density at radius 2 is 2.14 bits per heavy atom. The highest BCUT2D eigenvalue weighted by atomic mass is 35.7. The summed E-state index contributed by atoms with van der Waals surface area (Å²) in [6.07, 6.45) is 0. The van der Waals surface area contributed by atoms with Crippen LogP contribution in [0, 0.1) is 0 Å². The van der Waals surface area contributed by atoms with E-state index in [1.165, 1.54) is 14.0 Å². The van der Waals surface area contributed by atoms with Crippen LogP contribution in [0.1, 0.15) is 6.92 Å². The van der Waals surface area contributed by atoms with E-state index in [0.717, 1.165) is 0 Å². The molecule has 0 aromatic rings. The van der Waals surface area contributed by atoms with E-state index in [0.29, 0.717) is 4.31 Å². The second-order valence-electron chi connectivity index (χ2n) is 2.42.